The molecular weight excluding hydrogens is 341 g/mol. The smallest absolute Gasteiger partial charge is 0.325 e. The van der Waals surface area contributed by atoms with E-state index in [-0.39, 0.29) is 18.9 Å². The first-order valence-electron chi connectivity index (χ1n) is 8.13. The lowest BCUT2D eigenvalue weighted by atomic mass is 10.1. The van der Waals surface area contributed by atoms with E-state index in [1.165, 1.54) is 18.2 Å². The molecule has 9 heteroatoms. The van der Waals surface area contributed by atoms with Gasteiger partial charge in [0.15, 0.2) is 0 Å². The van der Waals surface area contributed by atoms with Gasteiger partial charge in [0.1, 0.15) is 11.9 Å². The molecule has 3 rings (SSSR count). The molecule has 0 unspecified atom stereocenters. The number of carbonyl (C=O) groups is 3. The molecule has 8 nitrogen and oxygen atoms in total. The van der Waals surface area contributed by atoms with E-state index in [0.717, 1.165) is 10.6 Å². The van der Waals surface area contributed by atoms with Crippen molar-refractivity contribution < 1.29 is 18.8 Å². The number of carbonyl (C=O) groups excluding carboxylic acids is 3. The first-order chi connectivity index (χ1) is 12.5. The third-order valence-electron chi connectivity index (χ3n) is 4.00. The number of nitrogens with one attached hydrogen (secondary N) is 3. The van der Waals surface area contributed by atoms with Crippen LogP contribution in [0.4, 0.5) is 9.18 Å². The Morgan fingerprint density at radius 1 is 1.35 bits per heavy atom. The second kappa shape index (κ2) is 7.77. The van der Waals surface area contributed by atoms with Gasteiger partial charge in [-0.1, -0.05) is 12.1 Å². The van der Waals surface area contributed by atoms with E-state index in [1.807, 2.05) is 0 Å². The van der Waals surface area contributed by atoms with Crippen LogP contribution in [0, 0.1) is 5.82 Å². The molecule has 1 saturated heterocycles. The van der Waals surface area contributed by atoms with Gasteiger partial charge < -0.3 is 15.6 Å². The average Bonchev–Trinajstić information content (AvgIpc) is 3.19. The average molecular weight is 359 g/mol. The fourth-order valence-electron chi connectivity index (χ4n) is 2.70. The van der Waals surface area contributed by atoms with Crippen LogP contribution >= 0.6 is 0 Å². The van der Waals surface area contributed by atoms with Gasteiger partial charge in [-0.25, -0.2) is 14.2 Å². The predicted octanol–water partition coefficient (Wildman–Crippen LogP) is 0.718. The number of amides is 4. The Morgan fingerprint density at radius 3 is 2.92 bits per heavy atom. The highest BCUT2D eigenvalue weighted by Crippen LogP contribution is 2.14. The van der Waals surface area contributed by atoms with Gasteiger partial charge in [-0.15, -0.1) is 0 Å². The third-order valence-corrected chi connectivity index (χ3v) is 4.00. The number of aromatic amines is 1. The number of H-pyrrole nitrogens is 1. The number of hydrogen-bond donors (Lipinski definition) is 3. The van der Waals surface area contributed by atoms with Gasteiger partial charge in [0.05, 0.1) is 19.3 Å². The van der Waals surface area contributed by atoms with E-state index in [1.54, 1.807) is 18.6 Å². The largest absolute Gasteiger partial charge is 0.356 e. The SMILES string of the molecule is O=C(C[C@@H]1NC(=O)N(Cc2cccc(F)c2)C1=O)NCCc1cnc[nH]1. The summed E-state index contributed by atoms with van der Waals surface area (Å²) in [7, 11) is 0. The van der Waals surface area contributed by atoms with Crippen LogP contribution in [0.25, 0.3) is 0 Å². The van der Waals surface area contributed by atoms with Crippen LogP contribution < -0.4 is 10.6 Å². The summed E-state index contributed by atoms with van der Waals surface area (Å²) in [5, 5.41) is 5.19. The first-order valence-corrected chi connectivity index (χ1v) is 8.13. The zero-order valence-electron chi connectivity index (χ0n) is 13.9. The van der Waals surface area contributed by atoms with Crippen molar-refractivity contribution in [1.82, 2.24) is 25.5 Å². The molecule has 1 fully saturated rings. The van der Waals surface area contributed by atoms with E-state index >= 15 is 0 Å². The summed E-state index contributed by atoms with van der Waals surface area (Å²) in [6, 6.07) is 4.17. The van der Waals surface area contributed by atoms with E-state index in [9.17, 15) is 18.8 Å². The maximum absolute atomic E-state index is 13.2. The Labute approximate surface area is 148 Å². The number of halogens is 1. The van der Waals surface area contributed by atoms with Crippen molar-refractivity contribution in [2.75, 3.05) is 6.54 Å². The zero-order valence-corrected chi connectivity index (χ0v) is 13.9. The van der Waals surface area contributed by atoms with Crippen molar-refractivity contribution in [3.05, 3.63) is 53.9 Å². The van der Waals surface area contributed by atoms with Gasteiger partial charge in [-0.2, -0.15) is 0 Å². The number of benzene rings is 1. The van der Waals surface area contributed by atoms with Crippen LogP contribution in [0.2, 0.25) is 0 Å². The van der Waals surface area contributed by atoms with Crippen molar-refractivity contribution in [2.45, 2.75) is 25.4 Å². The minimum absolute atomic E-state index is 0.0413. The first kappa shape index (κ1) is 17.6. The van der Waals surface area contributed by atoms with Gasteiger partial charge in [-0.05, 0) is 17.7 Å². The normalized spacial score (nSPS) is 16.7. The van der Waals surface area contributed by atoms with Crippen molar-refractivity contribution in [1.29, 1.82) is 0 Å². The van der Waals surface area contributed by atoms with Crippen molar-refractivity contribution in [3.8, 4) is 0 Å². The molecule has 136 valence electrons. The molecule has 1 aromatic heterocycles. The highest BCUT2D eigenvalue weighted by molar-refractivity contribution is 6.05. The molecule has 2 aromatic rings. The van der Waals surface area contributed by atoms with Gasteiger partial charge >= 0.3 is 6.03 Å². The number of imide groups is 1. The van der Waals surface area contributed by atoms with Crippen molar-refractivity contribution in [2.24, 2.45) is 0 Å². The second-order valence-corrected chi connectivity index (χ2v) is 5.94. The molecule has 4 amide bonds. The lowest BCUT2D eigenvalue weighted by Gasteiger charge is -2.13. The minimum Gasteiger partial charge on any atom is -0.356 e. The fraction of sp³-hybridized carbons (Fsp3) is 0.294. The van der Waals surface area contributed by atoms with Gasteiger partial charge in [0.25, 0.3) is 5.91 Å². The highest BCUT2D eigenvalue weighted by Gasteiger charge is 2.38. The molecule has 3 N–H and O–H groups in total. The maximum atomic E-state index is 13.2. The third kappa shape index (κ3) is 4.24. The summed E-state index contributed by atoms with van der Waals surface area (Å²) in [5.41, 5.74) is 1.38. The summed E-state index contributed by atoms with van der Waals surface area (Å²) in [5.74, 6) is -1.28. The van der Waals surface area contributed by atoms with Crippen molar-refractivity contribution in [3.63, 3.8) is 0 Å². The van der Waals surface area contributed by atoms with Crippen molar-refractivity contribution >= 4 is 17.8 Å². The van der Waals surface area contributed by atoms with Crippen LogP contribution in [0.3, 0.4) is 0 Å². The quantitative estimate of drug-likeness (QED) is 0.633. The molecule has 26 heavy (non-hydrogen) atoms. The van der Waals surface area contributed by atoms with Crippen LogP contribution in [0.15, 0.2) is 36.8 Å². The fourth-order valence-corrected chi connectivity index (χ4v) is 2.70. The maximum Gasteiger partial charge on any atom is 0.325 e. The van der Waals surface area contributed by atoms with E-state index in [4.69, 9.17) is 0 Å². The summed E-state index contributed by atoms with van der Waals surface area (Å²) in [4.78, 5) is 44.1. The number of aromatic nitrogens is 2. The highest BCUT2D eigenvalue weighted by atomic mass is 19.1. The van der Waals surface area contributed by atoms with Crippen LogP contribution in [-0.4, -0.2) is 45.3 Å². The molecule has 1 aliphatic rings. The summed E-state index contributed by atoms with van der Waals surface area (Å²) in [6.07, 6.45) is 3.66. The number of hydrogen-bond acceptors (Lipinski definition) is 4. The lowest BCUT2D eigenvalue weighted by Crippen LogP contribution is -2.37. The Morgan fingerprint density at radius 2 is 2.19 bits per heavy atom. The number of nitrogens with zero attached hydrogens (tertiary/aromatic N) is 2. The van der Waals surface area contributed by atoms with E-state index in [0.29, 0.717) is 18.5 Å². The Hall–Kier alpha value is -3.23. The molecule has 0 aliphatic carbocycles. The van der Waals surface area contributed by atoms with E-state index < -0.39 is 23.8 Å². The molecule has 0 spiro atoms. The predicted molar refractivity (Wildman–Crippen MR) is 89.2 cm³/mol. The Kier molecular flexibility index (Phi) is 5.26. The molecular formula is C17H18FN5O3. The molecule has 0 radical (unpaired) electrons. The van der Waals surface area contributed by atoms with Gasteiger partial charge in [0.2, 0.25) is 5.91 Å². The Bertz CT molecular complexity index is 808. The zero-order chi connectivity index (χ0) is 18.5. The summed E-state index contributed by atoms with van der Waals surface area (Å²) < 4.78 is 13.2. The monoisotopic (exact) mass is 359 g/mol. The minimum atomic E-state index is -0.914. The molecule has 1 atom stereocenters. The molecule has 0 saturated carbocycles. The molecule has 1 aromatic carbocycles. The van der Waals surface area contributed by atoms with Crippen LogP contribution in [0.5, 0.6) is 0 Å². The van der Waals surface area contributed by atoms with Crippen LogP contribution in [0.1, 0.15) is 17.7 Å². The molecule has 0 bridgehead atoms. The molecule has 2 heterocycles. The summed E-state index contributed by atoms with van der Waals surface area (Å²) in [6.45, 7) is 0.350. The number of rotatable bonds is 7. The van der Waals surface area contributed by atoms with Gasteiger partial charge in [0, 0.05) is 24.9 Å². The number of urea groups is 1. The topological polar surface area (TPSA) is 107 Å². The van der Waals surface area contributed by atoms with Gasteiger partial charge in [-0.3, -0.25) is 14.5 Å². The Balaban J connectivity index is 1.50. The molecule has 1 aliphatic heterocycles. The summed E-state index contributed by atoms with van der Waals surface area (Å²) >= 11 is 0. The lowest BCUT2D eigenvalue weighted by molar-refractivity contribution is -0.131. The van der Waals surface area contributed by atoms with Crippen LogP contribution in [-0.2, 0) is 22.6 Å². The standard InChI is InChI=1S/C17H18FN5O3/c18-12-3-1-2-11(6-12)9-23-16(25)14(22-17(23)26)7-15(24)20-5-4-13-8-19-10-21-13/h1-3,6,8,10,14H,4-5,7,9H2,(H,19,21)(H,20,24)(H,22,26)/t14-/m0/s1. The van der Waals surface area contributed by atoms with E-state index in [2.05, 4.69) is 20.6 Å². The second-order valence-electron chi connectivity index (χ2n) is 5.94. The number of imidazole rings is 1.